The number of nitro groups is 1. The molecule has 5 rings (SSSR count). The number of allylic oxidation sites excluding steroid dienone is 2. The standard InChI is InChI=1S/C24H20FN3O6/c1-33-19-9-14(8-18(28(31)32)22(19)34-12-13-2-6-17(25)7-3-13)11-26-27-23(29)20-15-4-5-16(10-15)21(20)24(27)30/h2-9,11,15-16,20-21H,10,12H2,1H3/t15-,16-,20-,21+/m0/s1. The van der Waals surface area contributed by atoms with E-state index in [9.17, 15) is 24.1 Å². The highest BCUT2D eigenvalue weighted by Crippen LogP contribution is 2.52. The Hall–Kier alpha value is -4.08. The molecule has 9 nitrogen and oxygen atoms in total. The monoisotopic (exact) mass is 465 g/mol. The van der Waals surface area contributed by atoms with Crippen molar-refractivity contribution in [3.8, 4) is 11.5 Å². The molecule has 0 unspecified atom stereocenters. The van der Waals surface area contributed by atoms with Gasteiger partial charge in [-0.05, 0) is 42.0 Å². The van der Waals surface area contributed by atoms with Crippen LogP contribution >= 0.6 is 0 Å². The average molecular weight is 465 g/mol. The molecule has 2 fully saturated rings. The molecule has 0 radical (unpaired) electrons. The summed E-state index contributed by atoms with van der Waals surface area (Å²) in [5.41, 5.74) is 0.501. The fourth-order valence-electron chi connectivity index (χ4n) is 4.98. The summed E-state index contributed by atoms with van der Waals surface area (Å²) in [4.78, 5) is 36.7. The van der Waals surface area contributed by atoms with Gasteiger partial charge >= 0.3 is 5.69 Å². The first-order valence-electron chi connectivity index (χ1n) is 10.7. The number of imide groups is 1. The number of halogens is 1. The molecule has 2 amide bonds. The number of rotatable bonds is 7. The minimum atomic E-state index is -0.625. The number of carbonyl (C=O) groups is 2. The second-order valence-corrected chi connectivity index (χ2v) is 8.48. The van der Waals surface area contributed by atoms with Crippen molar-refractivity contribution in [2.75, 3.05) is 7.11 Å². The highest BCUT2D eigenvalue weighted by molar-refractivity contribution is 6.06. The van der Waals surface area contributed by atoms with E-state index in [-0.39, 0.29) is 64.8 Å². The lowest BCUT2D eigenvalue weighted by Crippen LogP contribution is -2.28. The molecule has 1 saturated carbocycles. The van der Waals surface area contributed by atoms with Crippen LogP contribution in [-0.4, -0.2) is 35.1 Å². The Morgan fingerprint density at radius 2 is 1.79 bits per heavy atom. The van der Waals surface area contributed by atoms with Crippen LogP contribution in [0.1, 0.15) is 17.5 Å². The van der Waals surface area contributed by atoms with Crippen molar-refractivity contribution in [2.24, 2.45) is 28.8 Å². The van der Waals surface area contributed by atoms with E-state index in [1.807, 2.05) is 12.2 Å². The summed E-state index contributed by atoms with van der Waals surface area (Å²) in [5, 5.41) is 16.7. The van der Waals surface area contributed by atoms with Gasteiger partial charge in [0.1, 0.15) is 12.4 Å². The third-order valence-corrected chi connectivity index (χ3v) is 6.54. The number of carbonyl (C=O) groups excluding carboxylic acids is 2. The number of ether oxygens (including phenoxy) is 2. The van der Waals surface area contributed by atoms with Gasteiger partial charge in [0, 0.05) is 11.6 Å². The molecule has 3 aliphatic rings. The van der Waals surface area contributed by atoms with Crippen LogP contribution < -0.4 is 9.47 Å². The molecule has 4 atom stereocenters. The fraction of sp³-hybridized carbons (Fsp3) is 0.292. The van der Waals surface area contributed by atoms with Gasteiger partial charge < -0.3 is 9.47 Å². The van der Waals surface area contributed by atoms with Crippen molar-refractivity contribution in [1.82, 2.24) is 5.01 Å². The quantitative estimate of drug-likeness (QED) is 0.204. The third-order valence-electron chi connectivity index (χ3n) is 6.54. The van der Waals surface area contributed by atoms with Crippen molar-refractivity contribution in [2.45, 2.75) is 13.0 Å². The predicted octanol–water partition coefficient (Wildman–Crippen LogP) is 3.46. The molecule has 2 aromatic carbocycles. The molecule has 0 N–H and O–H groups in total. The number of benzene rings is 2. The smallest absolute Gasteiger partial charge is 0.315 e. The van der Waals surface area contributed by atoms with Crippen molar-refractivity contribution in [3.05, 3.63) is 75.6 Å². The zero-order valence-corrected chi connectivity index (χ0v) is 18.1. The lowest BCUT2D eigenvalue weighted by molar-refractivity contribution is -0.386. The van der Waals surface area contributed by atoms with Gasteiger partial charge in [0.05, 0.1) is 30.1 Å². The van der Waals surface area contributed by atoms with Crippen LogP contribution in [0.25, 0.3) is 0 Å². The summed E-state index contributed by atoms with van der Waals surface area (Å²) in [7, 11) is 1.34. The van der Waals surface area contributed by atoms with Gasteiger partial charge in [0.15, 0.2) is 5.75 Å². The van der Waals surface area contributed by atoms with E-state index in [0.29, 0.717) is 5.56 Å². The number of hydrogen-bond acceptors (Lipinski definition) is 7. The molecule has 1 saturated heterocycles. The molecule has 2 aromatic rings. The number of hydrogen-bond donors (Lipinski definition) is 0. The van der Waals surface area contributed by atoms with Crippen LogP contribution in [0.4, 0.5) is 10.1 Å². The van der Waals surface area contributed by atoms with Crippen LogP contribution in [0, 0.1) is 39.6 Å². The largest absolute Gasteiger partial charge is 0.493 e. The van der Waals surface area contributed by atoms with Gasteiger partial charge in [-0.15, -0.1) is 0 Å². The number of nitrogens with zero attached hydrogens (tertiary/aromatic N) is 3. The Bertz CT molecular complexity index is 1210. The molecule has 10 heteroatoms. The van der Waals surface area contributed by atoms with Crippen molar-refractivity contribution in [3.63, 3.8) is 0 Å². The van der Waals surface area contributed by atoms with Crippen molar-refractivity contribution in [1.29, 1.82) is 0 Å². The topological polar surface area (TPSA) is 111 Å². The van der Waals surface area contributed by atoms with Crippen LogP contribution in [-0.2, 0) is 16.2 Å². The summed E-state index contributed by atoms with van der Waals surface area (Å²) >= 11 is 0. The van der Waals surface area contributed by atoms with E-state index in [0.717, 1.165) is 11.4 Å². The molecule has 34 heavy (non-hydrogen) atoms. The zero-order valence-electron chi connectivity index (χ0n) is 18.1. The molecule has 2 bridgehead atoms. The molecule has 1 aliphatic heterocycles. The number of nitro benzene ring substituents is 1. The Morgan fingerprint density at radius 3 is 2.38 bits per heavy atom. The Morgan fingerprint density at radius 1 is 1.15 bits per heavy atom. The van der Waals surface area contributed by atoms with Crippen LogP contribution in [0.5, 0.6) is 11.5 Å². The maximum absolute atomic E-state index is 13.1. The van der Waals surface area contributed by atoms with Gasteiger partial charge in [0.25, 0.3) is 11.8 Å². The summed E-state index contributed by atoms with van der Waals surface area (Å²) in [6.45, 7) is -0.0408. The lowest BCUT2D eigenvalue weighted by atomic mass is 9.85. The van der Waals surface area contributed by atoms with Gasteiger partial charge in [-0.3, -0.25) is 19.7 Å². The number of hydrazone groups is 1. The SMILES string of the molecule is COc1cc(C=NN2C(=O)[C@@H]3[C@H](C2=O)[C@H]2C=C[C@H]3C2)cc([N+](=O)[O-])c1OCc1ccc(F)cc1. The zero-order chi connectivity index (χ0) is 24.0. The van der Waals surface area contributed by atoms with E-state index >= 15 is 0 Å². The average Bonchev–Trinajstić information content (AvgIpc) is 3.51. The summed E-state index contributed by atoms with van der Waals surface area (Å²) < 4.78 is 24.0. The van der Waals surface area contributed by atoms with Gasteiger partial charge in [-0.1, -0.05) is 24.3 Å². The predicted molar refractivity (Wildman–Crippen MR) is 118 cm³/mol. The normalized spacial score (nSPS) is 24.8. The number of amides is 2. The lowest BCUT2D eigenvalue weighted by Gasteiger charge is -2.13. The minimum Gasteiger partial charge on any atom is -0.493 e. The molecule has 0 aromatic heterocycles. The first-order chi connectivity index (χ1) is 16.4. The Balaban J connectivity index is 1.39. The van der Waals surface area contributed by atoms with E-state index < -0.39 is 10.7 Å². The molecule has 0 spiro atoms. The van der Waals surface area contributed by atoms with Crippen molar-refractivity contribution >= 4 is 23.7 Å². The highest BCUT2D eigenvalue weighted by Gasteiger charge is 2.59. The van der Waals surface area contributed by atoms with Gasteiger partial charge in [-0.2, -0.15) is 10.1 Å². The van der Waals surface area contributed by atoms with Crippen molar-refractivity contribution < 1.29 is 28.4 Å². The van der Waals surface area contributed by atoms with E-state index in [4.69, 9.17) is 9.47 Å². The first kappa shape index (κ1) is 21.7. The second-order valence-electron chi connectivity index (χ2n) is 8.48. The van der Waals surface area contributed by atoms with Crippen LogP contribution in [0.15, 0.2) is 53.7 Å². The number of fused-ring (bicyclic) bond motifs is 5. The van der Waals surface area contributed by atoms with E-state index in [1.54, 1.807) is 0 Å². The van der Waals surface area contributed by atoms with Crippen LogP contribution in [0.3, 0.4) is 0 Å². The Labute approximate surface area is 193 Å². The summed E-state index contributed by atoms with van der Waals surface area (Å²) in [6.07, 6.45) is 6.02. The minimum absolute atomic E-state index is 0.0408. The van der Waals surface area contributed by atoms with Gasteiger partial charge in [0.2, 0.25) is 5.75 Å². The Kier molecular flexibility index (Phi) is 5.35. The molecular formula is C24H20FN3O6. The number of methoxy groups -OCH3 is 1. The molecular weight excluding hydrogens is 445 g/mol. The maximum atomic E-state index is 13.1. The summed E-state index contributed by atoms with van der Waals surface area (Å²) in [6, 6.07) is 8.24. The molecule has 1 heterocycles. The first-order valence-corrected chi connectivity index (χ1v) is 10.7. The van der Waals surface area contributed by atoms with E-state index in [1.165, 1.54) is 49.7 Å². The fourth-order valence-corrected chi connectivity index (χ4v) is 4.98. The highest BCUT2D eigenvalue weighted by atomic mass is 19.1. The molecule has 174 valence electrons. The maximum Gasteiger partial charge on any atom is 0.315 e. The molecule has 2 aliphatic carbocycles. The summed E-state index contributed by atoms with van der Waals surface area (Å²) in [5.74, 6) is -1.76. The second kappa shape index (κ2) is 8.36. The third kappa shape index (κ3) is 3.60. The van der Waals surface area contributed by atoms with Crippen LogP contribution in [0.2, 0.25) is 0 Å². The van der Waals surface area contributed by atoms with E-state index in [2.05, 4.69) is 5.10 Å². The van der Waals surface area contributed by atoms with Gasteiger partial charge in [-0.25, -0.2) is 4.39 Å².